The Kier molecular flexibility index (Phi) is 8.86. The van der Waals surface area contributed by atoms with Gasteiger partial charge < -0.3 is 19.9 Å². The van der Waals surface area contributed by atoms with Crippen molar-refractivity contribution in [2.45, 2.75) is 12.8 Å². The average molecular weight is 472 g/mol. The molecule has 0 spiro atoms. The number of likely N-dealkylation sites (tertiary alicyclic amines) is 1. The highest BCUT2D eigenvalue weighted by atomic mass is 35.5. The number of nitrogens with one attached hydrogen (secondary N) is 1. The highest BCUT2D eigenvalue weighted by Gasteiger charge is 2.25. The molecular formula is C25H30ClN3O4. The number of carbonyl (C=O) groups is 3. The molecule has 2 amide bonds. The molecule has 0 radical (unpaired) electrons. The Bertz CT molecular complexity index is 970. The molecular weight excluding hydrogens is 442 g/mol. The summed E-state index contributed by atoms with van der Waals surface area (Å²) in [4.78, 5) is 40.5. The number of benzene rings is 2. The van der Waals surface area contributed by atoms with Crippen LogP contribution in [0.15, 0.2) is 48.5 Å². The number of amides is 2. The monoisotopic (exact) mass is 471 g/mol. The molecule has 1 saturated heterocycles. The van der Waals surface area contributed by atoms with Crippen LogP contribution in [-0.4, -0.2) is 74.3 Å². The van der Waals surface area contributed by atoms with Gasteiger partial charge in [0.1, 0.15) is 5.75 Å². The van der Waals surface area contributed by atoms with Gasteiger partial charge in [0.15, 0.2) is 12.4 Å². The lowest BCUT2D eigenvalue weighted by Crippen LogP contribution is -2.41. The minimum Gasteiger partial charge on any atom is -0.484 e. The van der Waals surface area contributed by atoms with Gasteiger partial charge in [0, 0.05) is 49.3 Å². The summed E-state index contributed by atoms with van der Waals surface area (Å²) >= 11 is 5.91. The Morgan fingerprint density at radius 3 is 2.42 bits per heavy atom. The third-order valence-electron chi connectivity index (χ3n) is 5.76. The van der Waals surface area contributed by atoms with E-state index in [4.69, 9.17) is 16.3 Å². The summed E-state index contributed by atoms with van der Waals surface area (Å²) in [5, 5.41) is 3.56. The summed E-state index contributed by atoms with van der Waals surface area (Å²) in [6.45, 7) is 2.81. The van der Waals surface area contributed by atoms with E-state index in [9.17, 15) is 14.4 Å². The minimum atomic E-state index is -0.188. The molecule has 1 N–H and O–H groups in total. The fourth-order valence-electron chi connectivity index (χ4n) is 3.70. The number of rotatable bonds is 9. The van der Waals surface area contributed by atoms with E-state index in [0.717, 1.165) is 32.5 Å². The van der Waals surface area contributed by atoms with Gasteiger partial charge in [0.2, 0.25) is 0 Å². The quantitative estimate of drug-likeness (QED) is 0.568. The maximum absolute atomic E-state index is 12.7. The fourth-order valence-corrected chi connectivity index (χ4v) is 3.83. The Hall–Kier alpha value is -2.90. The van der Waals surface area contributed by atoms with Crippen molar-refractivity contribution in [2.75, 3.05) is 46.9 Å². The molecule has 0 bridgehead atoms. The topological polar surface area (TPSA) is 79.0 Å². The number of hydrogen-bond acceptors (Lipinski definition) is 5. The Balaban J connectivity index is 1.40. The summed E-state index contributed by atoms with van der Waals surface area (Å²) in [7, 11) is 3.32. The second-order valence-corrected chi connectivity index (χ2v) is 8.78. The summed E-state index contributed by atoms with van der Waals surface area (Å²) in [6.07, 6.45) is 1.61. The molecule has 2 aromatic rings. The van der Waals surface area contributed by atoms with Crippen molar-refractivity contribution in [3.8, 4) is 5.75 Å². The van der Waals surface area contributed by atoms with Gasteiger partial charge >= 0.3 is 0 Å². The van der Waals surface area contributed by atoms with Crippen LogP contribution in [0.2, 0.25) is 5.02 Å². The minimum absolute atomic E-state index is 0.0270. The summed E-state index contributed by atoms with van der Waals surface area (Å²) in [5.41, 5.74) is 1.19. The number of nitrogens with zero attached hydrogens (tertiary/aromatic N) is 2. The van der Waals surface area contributed by atoms with Gasteiger partial charge in [0.25, 0.3) is 11.8 Å². The van der Waals surface area contributed by atoms with E-state index in [-0.39, 0.29) is 30.1 Å². The smallest absolute Gasteiger partial charge is 0.259 e. The van der Waals surface area contributed by atoms with Crippen LogP contribution in [-0.2, 0) is 4.79 Å². The van der Waals surface area contributed by atoms with Crippen LogP contribution in [0.1, 0.15) is 33.6 Å². The van der Waals surface area contributed by atoms with Crippen molar-refractivity contribution in [1.29, 1.82) is 0 Å². The average Bonchev–Trinajstić information content (AvgIpc) is 2.83. The molecule has 176 valence electrons. The van der Waals surface area contributed by atoms with E-state index in [1.54, 1.807) is 62.6 Å². The summed E-state index contributed by atoms with van der Waals surface area (Å²) in [5.74, 6) is 0.342. The molecule has 1 heterocycles. The highest BCUT2D eigenvalue weighted by Crippen LogP contribution is 2.22. The van der Waals surface area contributed by atoms with E-state index >= 15 is 0 Å². The normalized spacial score (nSPS) is 14.5. The van der Waals surface area contributed by atoms with Gasteiger partial charge in [-0.25, -0.2) is 0 Å². The first-order valence-corrected chi connectivity index (χ1v) is 11.4. The SMILES string of the molecule is CN(C)C(=O)COc1cccc(C(=O)NCCN2CCC(C(=O)c3ccc(Cl)cc3)CC2)c1. The fraction of sp³-hybridized carbons (Fsp3) is 0.400. The maximum Gasteiger partial charge on any atom is 0.259 e. The Labute approximate surface area is 199 Å². The van der Waals surface area contributed by atoms with Gasteiger partial charge in [-0.1, -0.05) is 17.7 Å². The van der Waals surface area contributed by atoms with Crippen molar-refractivity contribution < 1.29 is 19.1 Å². The zero-order valence-electron chi connectivity index (χ0n) is 19.1. The van der Waals surface area contributed by atoms with Crippen LogP contribution in [0.4, 0.5) is 0 Å². The number of ether oxygens (including phenoxy) is 1. The van der Waals surface area contributed by atoms with Crippen molar-refractivity contribution in [2.24, 2.45) is 5.92 Å². The standard InChI is InChI=1S/C25H30ClN3O4/c1-28(2)23(30)17-33-22-5-3-4-20(16-22)25(32)27-12-15-29-13-10-19(11-14-29)24(31)18-6-8-21(26)9-7-18/h3-9,16,19H,10-15,17H2,1-2H3,(H,27,32). The molecule has 0 atom stereocenters. The van der Waals surface area contributed by atoms with Crippen molar-refractivity contribution in [1.82, 2.24) is 15.1 Å². The molecule has 0 aromatic heterocycles. The van der Waals surface area contributed by atoms with E-state index in [1.807, 2.05) is 0 Å². The first-order valence-electron chi connectivity index (χ1n) is 11.1. The third-order valence-corrected chi connectivity index (χ3v) is 6.01. The third kappa shape index (κ3) is 7.30. The van der Waals surface area contributed by atoms with Crippen LogP contribution >= 0.6 is 11.6 Å². The largest absolute Gasteiger partial charge is 0.484 e. The van der Waals surface area contributed by atoms with Crippen LogP contribution < -0.4 is 10.1 Å². The second kappa shape index (κ2) is 11.8. The first kappa shape index (κ1) is 24.7. The van der Waals surface area contributed by atoms with Gasteiger partial charge in [-0.15, -0.1) is 0 Å². The summed E-state index contributed by atoms with van der Waals surface area (Å²) < 4.78 is 5.47. The number of likely N-dealkylation sites (N-methyl/N-ethyl adjacent to an activating group) is 1. The first-order chi connectivity index (χ1) is 15.8. The van der Waals surface area contributed by atoms with E-state index in [1.165, 1.54) is 4.90 Å². The van der Waals surface area contributed by atoms with E-state index in [2.05, 4.69) is 10.2 Å². The van der Waals surface area contributed by atoms with E-state index in [0.29, 0.717) is 28.4 Å². The van der Waals surface area contributed by atoms with Crippen LogP contribution in [0.5, 0.6) is 5.75 Å². The zero-order chi connectivity index (χ0) is 23.8. The highest BCUT2D eigenvalue weighted by molar-refractivity contribution is 6.30. The van der Waals surface area contributed by atoms with Gasteiger partial charge in [-0.2, -0.15) is 0 Å². The molecule has 8 heteroatoms. The molecule has 2 aromatic carbocycles. The molecule has 3 rings (SSSR count). The maximum atomic E-state index is 12.7. The molecule has 0 unspecified atom stereocenters. The molecule has 7 nitrogen and oxygen atoms in total. The number of piperidine rings is 1. The summed E-state index contributed by atoms with van der Waals surface area (Å²) in [6, 6.07) is 13.9. The molecule has 33 heavy (non-hydrogen) atoms. The van der Waals surface area contributed by atoms with Crippen LogP contribution in [0.25, 0.3) is 0 Å². The van der Waals surface area contributed by atoms with Crippen molar-refractivity contribution in [3.63, 3.8) is 0 Å². The number of carbonyl (C=O) groups excluding carboxylic acids is 3. The molecule has 0 aliphatic carbocycles. The lowest BCUT2D eigenvalue weighted by Gasteiger charge is -2.31. The van der Waals surface area contributed by atoms with Gasteiger partial charge in [-0.05, 0) is 68.4 Å². The Morgan fingerprint density at radius 1 is 1.06 bits per heavy atom. The van der Waals surface area contributed by atoms with E-state index < -0.39 is 0 Å². The van der Waals surface area contributed by atoms with Crippen LogP contribution in [0.3, 0.4) is 0 Å². The Morgan fingerprint density at radius 2 is 1.76 bits per heavy atom. The molecule has 1 aliphatic rings. The molecule has 1 fully saturated rings. The second-order valence-electron chi connectivity index (χ2n) is 8.35. The number of Topliss-reactive ketones (excluding diaryl/α,β-unsaturated/α-hetero) is 1. The number of ketones is 1. The lowest BCUT2D eigenvalue weighted by atomic mass is 9.89. The van der Waals surface area contributed by atoms with Gasteiger partial charge in [-0.3, -0.25) is 14.4 Å². The molecule has 1 aliphatic heterocycles. The number of hydrogen-bond donors (Lipinski definition) is 1. The predicted octanol–water partition coefficient (Wildman–Crippen LogP) is 3.13. The number of halogens is 1. The lowest BCUT2D eigenvalue weighted by molar-refractivity contribution is -0.130. The van der Waals surface area contributed by atoms with Crippen molar-refractivity contribution >= 4 is 29.2 Å². The van der Waals surface area contributed by atoms with Gasteiger partial charge in [0.05, 0.1) is 0 Å². The molecule has 0 saturated carbocycles. The van der Waals surface area contributed by atoms with Crippen LogP contribution in [0, 0.1) is 5.92 Å². The predicted molar refractivity (Wildman–Crippen MR) is 128 cm³/mol. The van der Waals surface area contributed by atoms with Crippen molar-refractivity contribution in [3.05, 3.63) is 64.7 Å². The zero-order valence-corrected chi connectivity index (χ0v) is 19.8.